The molecule has 0 aromatic heterocycles. The first-order valence-corrected chi connectivity index (χ1v) is 7.92. The third kappa shape index (κ3) is 3.47. The second-order valence-corrected chi connectivity index (χ2v) is 5.92. The van der Waals surface area contributed by atoms with Crippen LogP contribution in [-0.2, 0) is 4.74 Å². The fraction of sp³-hybridized carbons (Fsp3) is 0.100. The summed E-state index contributed by atoms with van der Waals surface area (Å²) in [5.74, 6) is -0.810. The van der Waals surface area contributed by atoms with Crippen molar-refractivity contribution < 1.29 is 14.3 Å². The summed E-state index contributed by atoms with van der Waals surface area (Å²) in [7, 11) is 0. The molecule has 3 aromatic rings. The van der Waals surface area contributed by atoms with Crippen molar-refractivity contribution in [3.63, 3.8) is 0 Å². The van der Waals surface area contributed by atoms with Crippen molar-refractivity contribution >= 4 is 34.1 Å². The average Bonchev–Trinajstić information content (AvgIpc) is 2.60. The molecule has 0 bridgehead atoms. The lowest BCUT2D eigenvalue weighted by Crippen LogP contribution is -2.24. The van der Waals surface area contributed by atoms with Crippen LogP contribution in [0.3, 0.4) is 0 Å². The Morgan fingerprint density at radius 2 is 1.62 bits per heavy atom. The first kappa shape index (κ1) is 16.2. The predicted octanol–water partition coefficient (Wildman–Crippen LogP) is 4.92. The standard InChI is InChI=1S/C20H15ClO3/c1-13(19(22)16-7-4-8-18(21)12-16)24-20(23)17-10-9-14-5-2-3-6-15(14)11-17/h2-13H,1H3. The fourth-order valence-corrected chi connectivity index (χ4v) is 2.67. The van der Waals surface area contributed by atoms with Gasteiger partial charge in [0.15, 0.2) is 6.10 Å². The lowest BCUT2D eigenvalue weighted by molar-refractivity contribution is 0.0319. The average molecular weight is 339 g/mol. The number of carbonyl (C=O) groups is 2. The van der Waals surface area contributed by atoms with Crippen LogP contribution >= 0.6 is 11.6 Å². The SMILES string of the molecule is CC(OC(=O)c1ccc2ccccc2c1)C(=O)c1cccc(Cl)c1. The van der Waals surface area contributed by atoms with E-state index in [2.05, 4.69) is 0 Å². The number of rotatable bonds is 4. The van der Waals surface area contributed by atoms with E-state index in [9.17, 15) is 9.59 Å². The number of halogens is 1. The highest BCUT2D eigenvalue weighted by Crippen LogP contribution is 2.18. The molecule has 0 N–H and O–H groups in total. The van der Waals surface area contributed by atoms with Crippen molar-refractivity contribution in [3.8, 4) is 0 Å². The van der Waals surface area contributed by atoms with E-state index in [1.807, 2.05) is 30.3 Å². The number of carbonyl (C=O) groups excluding carboxylic acids is 2. The molecule has 0 aliphatic rings. The summed E-state index contributed by atoms with van der Waals surface area (Å²) in [6.45, 7) is 1.56. The molecular weight excluding hydrogens is 324 g/mol. The van der Waals surface area contributed by atoms with Crippen LogP contribution in [0.4, 0.5) is 0 Å². The number of ketones is 1. The topological polar surface area (TPSA) is 43.4 Å². The number of Topliss-reactive ketones (excluding diaryl/α,β-unsaturated/α-hetero) is 1. The fourth-order valence-electron chi connectivity index (χ4n) is 2.47. The molecule has 0 spiro atoms. The van der Waals surface area contributed by atoms with Crippen LogP contribution in [0.1, 0.15) is 27.6 Å². The first-order chi connectivity index (χ1) is 11.5. The summed E-state index contributed by atoms with van der Waals surface area (Å²) < 4.78 is 5.31. The molecular formula is C20H15ClO3. The normalized spacial score (nSPS) is 11.9. The van der Waals surface area contributed by atoms with Gasteiger partial charge in [-0.15, -0.1) is 0 Å². The number of hydrogen-bond donors (Lipinski definition) is 0. The van der Waals surface area contributed by atoms with Gasteiger partial charge in [-0.3, -0.25) is 4.79 Å². The third-order valence-corrected chi connectivity index (χ3v) is 3.98. The highest BCUT2D eigenvalue weighted by atomic mass is 35.5. The van der Waals surface area contributed by atoms with Gasteiger partial charge in [-0.25, -0.2) is 4.79 Å². The molecule has 1 unspecified atom stereocenters. The third-order valence-electron chi connectivity index (χ3n) is 3.75. The number of fused-ring (bicyclic) bond motifs is 1. The second-order valence-electron chi connectivity index (χ2n) is 5.48. The van der Waals surface area contributed by atoms with Gasteiger partial charge in [0.1, 0.15) is 0 Å². The van der Waals surface area contributed by atoms with Gasteiger partial charge in [-0.2, -0.15) is 0 Å². The molecule has 0 saturated carbocycles. The zero-order chi connectivity index (χ0) is 17.1. The van der Waals surface area contributed by atoms with E-state index in [0.717, 1.165) is 10.8 Å². The monoisotopic (exact) mass is 338 g/mol. The van der Waals surface area contributed by atoms with E-state index in [0.29, 0.717) is 16.1 Å². The molecule has 0 aliphatic heterocycles. The van der Waals surface area contributed by atoms with Gasteiger partial charge in [0.2, 0.25) is 5.78 Å². The van der Waals surface area contributed by atoms with Crippen molar-refractivity contribution in [1.29, 1.82) is 0 Å². The molecule has 3 nitrogen and oxygen atoms in total. The minimum Gasteiger partial charge on any atom is -0.451 e. The van der Waals surface area contributed by atoms with Crippen molar-refractivity contribution in [2.24, 2.45) is 0 Å². The quantitative estimate of drug-likeness (QED) is 0.501. The summed E-state index contributed by atoms with van der Waals surface area (Å²) in [5.41, 5.74) is 0.834. The summed E-state index contributed by atoms with van der Waals surface area (Å²) >= 11 is 5.89. The maximum atomic E-state index is 12.3. The Labute approximate surface area is 144 Å². The van der Waals surface area contributed by atoms with E-state index in [1.165, 1.54) is 0 Å². The molecule has 24 heavy (non-hydrogen) atoms. The zero-order valence-corrected chi connectivity index (χ0v) is 13.8. The molecule has 0 saturated heterocycles. The largest absolute Gasteiger partial charge is 0.451 e. The number of esters is 1. The highest BCUT2D eigenvalue weighted by molar-refractivity contribution is 6.31. The maximum absolute atomic E-state index is 12.3. The lowest BCUT2D eigenvalue weighted by Gasteiger charge is -2.13. The number of ether oxygens (including phenoxy) is 1. The summed E-state index contributed by atoms with van der Waals surface area (Å²) in [6, 6.07) is 19.6. The molecule has 0 aliphatic carbocycles. The summed E-state index contributed by atoms with van der Waals surface area (Å²) in [5, 5.41) is 2.45. The van der Waals surface area contributed by atoms with Gasteiger partial charge in [-0.1, -0.05) is 54.1 Å². The van der Waals surface area contributed by atoms with Crippen LogP contribution in [0.15, 0.2) is 66.7 Å². The van der Waals surface area contributed by atoms with E-state index in [-0.39, 0.29) is 5.78 Å². The van der Waals surface area contributed by atoms with Gasteiger partial charge in [0, 0.05) is 10.6 Å². The highest BCUT2D eigenvalue weighted by Gasteiger charge is 2.20. The molecule has 4 heteroatoms. The Hall–Kier alpha value is -2.65. The van der Waals surface area contributed by atoms with Crippen LogP contribution in [0.2, 0.25) is 5.02 Å². The van der Waals surface area contributed by atoms with Crippen LogP contribution in [0.5, 0.6) is 0 Å². The Balaban J connectivity index is 1.76. The smallest absolute Gasteiger partial charge is 0.338 e. The lowest BCUT2D eigenvalue weighted by atomic mass is 10.1. The molecule has 0 radical (unpaired) electrons. The van der Waals surface area contributed by atoms with E-state index < -0.39 is 12.1 Å². The van der Waals surface area contributed by atoms with Crippen LogP contribution < -0.4 is 0 Å². The van der Waals surface area contributed by atoms with Gasteiger partial charge in [0.05, 0.1) is 5.56 Å². The predicted molar refractivity (Wildman–Crippen MR) is 94.6 cm³/mol. The second kappa shape index (κ2) is 6.85. The molecule has 1 atom stereocenters. The number of hydrogen-bond acceptors (Lipinski definition) is 3. The maximum Gasteiger partial charge on any atom is 0.338 e. The molecule has 0 amide bonds. The van der Waals surface area contributed by atoms with Gasteiger partial charge in [0.25, 0.3) is 0 Å². The summed E-state index contributed by atoms with van der Waals surface area (Å²) in [6.07, 6.45) is -0.887. The minimum atomic E-state index is -0.887. The van der Waals surface area contributed by atoms with Crippen molar-refractivity contribution in [2.45, 2.75) is 13.0 Å². The van der Waals surface area contributed by atoms with Crippen LogP contribution in [-0.4, -0.2) is 17.9 Å². The molecule has 120 valence electrons. The van der Waals surface area contributed by atoms with Gasteiger partial charge >= 0.3 is 5.97 Å². The van der Waals surface area contributed by atoms with E-state index >= 15 is 0 Å². The van der Waals surface area contributed by atoms with E-state index in [1.54, 1.807) is 43.3 Å². The van der Waals surface area contributed by atoms with Crippen molar-refractivity contribution in [3.05, 3.63) is 82.9 Å². The number of benzene rings is 3. The molecule has 3 aromatic carbocycles. The molecule has 0 fully saturated rings. The van der Waals surface area contributed by atoms with Crippen molar-refractivity contribution in [2.75, 3.05) is 0 Å². The Kier molecular flexibility index (Phi) is 4.63. The minimum absolute atomic E-state index is 0.286. The van der Waals surface area contributed by atoms with Crippen LogP contribution in [0, 0.1) is 0 Å². The van der Waals surface area contributed by atoms with Gasteiger partial charge < -0.3 is 4.74 Å². The zero-order valence-electron chi connectivity index (χ0n) is 13.0. The Bertz CT molecular complexity index is 917. The molecule has 0 heterocycles. The van der Waals surface area contributed by atoms with E-state index in [4.69, 9.17) is 16.3 Å². The first-order valence-electron chi connectivity index (χ1n) is 7.54. The van der Waals surface area contributed by atoms with Crippen LogP contribution in [0.25, 0.3) is 10.8 Å². The van der Waals surface area contributed by atoms with Crippen molar-refractivity contribution in [1.82, 2.24) is 0 Å². The Morgan fingerprint density at radius 1 is 0.875 bits per heavy atom. The summed E-state index contributed by atoms with van der Waals surface area (Å²) in [4.78, 5) is 24.6. The molecule has 3 rings (SSSR count). The Morgan fingerprint density at radius 3 is 2.38 bits per heavy atom. The van der Waals surface area contributed by atoms with Gasteiger partial charge in [-0.05, 0) is 42.0 Å².